The smallest absolute Gasteiger partial charge is 0.272 e. The molecule has 1 aromatic heterocycles. The minimum Gasteiger partial charge on any atom is -0.482 e. The van der Waals surface area contributed by atoms with E-state index >= 15 is 0 Å². The van der Waals surface area contributed by atoms with Gasteiger partial charge in [-0.3, -0.25) is 5.21 Å². The SMILES string of the molecule is [B]N(Cc1c[n+](O)c(C)c(OCc2cccc(C#N)c2)c1C(C)O)c1ccc(C#N)cc1. The Morgan fingerprint density at radius 3 is 2.44 bits per heavy atom. The Morgan fingerprint density at radius 1 is 1.12 bits per heavy atom. The molecule has 158 valence electrons. The molecule has 0 aliphatic rings. The van der Waals surface area contributed by atoms with Gasteiger partial charge in [0, 0.05) is 35.0 Å². The maximum absolute atomic E-state index is 10.5. The summed E-state index contributed by atoms with van der Waals surface area (Å²) in [6.45, 7) is 3.62. The Hall–Kier alpha value is -4.01. The number of nitriles is 2. The van der Waals surface area contributed by atoms with Gasteiger partial charge in [0.05, 0.1) is 29.4 Å². The van der Waals surface area contributed by atoms with Gasteiger partial charge in [0.15, 0.2) is 5.75 Å². The summed E-state index contributed by atoms with van der Waals surface area (Å²) in [5.41, 5.74) is 3.99. The topological polar surface area (TPSA) is 104 Å². The van der Waals surface area contributed by atoms with Crippen molar-refractivity contribution < 1.29 is 19.8 Å². The normalized spacial score (nSPS) is 11.3. The molecule has 3 aromatic rings. The number of ether oxygens (including phenoxy) is 1. The van der Waals surface area contributed by atoms with E-state index < -0.39 is 6.10 Å². The second-order valence-corrected chi connectivity index (χ2v) is 7.39. The van der Waals surface area contributed by atoms with Crippen molar-refractivity contribution in [1.29, 1.82) is 10.5 Å². The Labute approximate surface area is 188 Å². The maximum atomic E-state index is 10.5. The monoisotopic (exact) mass is 425 g/mol. The van der Waals surface area contributed by atoms with Gasteiger partial charge < -0.3 is 14.7 Å². The summed E-state index contributed by atoms with van der Waals surface area (Å²) in [5, 5.41) is 39.0. The van der Waals surface area contributed by atoms with Gasteiger partial charge >= 0.3 is 0 Å². The van der Waals surface area contributed by atoms with E-state index in [1.807, 2.05) is 6.07 Å². The second kappa shape index (κ2) is 9.87. The number of aromatic nitrogens is 1. The predicted molar refractivity (Wildman–Crippen MR) is 118 cm³/mol. The standard InChI is InChI=1S/C24H22BN4O3/c1-16-24(32-15-20-5-3-4-19(10-20)12-27)23(17(2)30)21(14-29(16)31)13-28(25)22-8-6-18(11-26)7-9-22/h3-10,14,17,30-31H,13,15H2,1-2H3/q+1. The molecule has 0 fully saturated rings. The van der Waals surface area contributed by atoms with Crippen LogP contribution in [0.4, 0.5) is 5.69 Å². The van der Waals surface area contributed by atoms with Crippen molar-refractivity contribution >= 4 is 13.7 Å². The highest BCUT2D eigenvalue weighted by atomic mass is 16.5. The molecule has 3 rings (SSSR count). The third-order valence-corrected chi connectivity index (χ3v) is 5.07. The van der Waals surface area contributed by atoms with Crippen LogP contribution >= 0.6 is 0 Å². The molecule has 32 heavy (non-hydrogen) atoms. The minimum atomic E-state index is -0.889. The number of anilines is 1. The van der Waals surface area contributed by atoms with Gasteiger partial charge in [0.1, 0.15) is 6.61 Å². The van der Waals surface area contributed by atoms with Crippen molar-refractivity contribution in [3.8, 4) is 17.9 Å². The van der Waals surface area contributed by atoms with Gasteiger partial charge in [-0.15, -0.1) is 0 Å². The van der Waals surface area contributed by atoms with Gasteiger partial charge in [-0.2, -0.15) is 10.5 Å². The van der Waals surface area contributed by atoms with Crippen molar-refractivity contribution in [1.82, 2.24) is 0 Å². The number of aliphatic hydroxyl groups is 1. The van der Waals surface area contributed by atoms with Crippen molar-refractivity contribution in [2.24, 2.45) is 0 Å². The van der Waals surface area contributed by atoms with Crippen LogP contribution in [0.3, 0.4) is 0 Å². The molecule has 2 radical (unpaired) electrons. The summed E-state index contributed by atoms with van der Waals surface area (Å²) >= 11 is 0. The van der Waals surface area contributed by atoms with E-state index in [0.29, 0.717) is 39.4 Å². The van der Waals surface area contributed by atoms with Crippen molar-refractivity contribution in [2.75, 3.05) is 4.81 Å². The Morgan fingerprint density at radius 2 is 1.81 bits per heavy atom. The molecular weight excluding hydrogens is 403 g/mol. The van der Waals surface area contributed by atoms with Crippen molar-refractivity contribution in [3.05, 3.63) is 88.2 Å². The highest BCUT2D eigenvalue weighted by Gasteiger charge is 2.27. The molecule has 0 saturated heterocycles. The molecule has 8 heteroatoms. The number of benzene rings is 2. The molecular formula is C24H22BN4O3+. The second-order valence-electron chi connectivity index (χ2n) is 7.39. The Balaban J connectivity index is 1.93. The van der Waals surface area contributed by atoms with E-state index in [9.17, 15) is 10.3 Å². The van der Waals surface area contributed by atoms with Crippen LogP contribution in [0.2, 0.25) is 0 Å². The molecule has 1 heterocycles. The fourth-order valence-electron chi connectivity index (χ4n) is 3.41. The molecule has 0 bridgehead atoms. The summed E-state index contributed by atoms with van der Waals surface area (Å²) in [6, 6.07) is 18.0. The van der Waals surface area contributed by atoms with E-state index in [1.165, 1.54) is 11.0 Å². The van der Waals surface area contributed by atoms with Crippen LogP contribution in [-0.4, -0.2) is 18.3 Å². The van der Waals surface area contributed by atoms with Crippen LogP contribution in [0.15, 0.2) is 54.7 Å². The van der Waals surface area contributed by atoms with E-state index in [1.54, 1.807) is 56.3 Å². The summed E-state index contributed by atoms with van der Waals surface area (Å²) in [5.74, 6) is 0.343. The first-order valence-corrected chi connectivity index (χ1v) is 9.93. The van der Waals surface area contributed by atoms with Gasteiger partial charge in [0.2, 0.25) is 14.2 Å². The molecule has 7 nitrogen and oxygen atoms in total. The van der Waals surface area contributed by atoms with Crippen LogP contribution in [0.25, 0.3) is 0 Å². The fraction of sp³-hybridized carbons (Fsp3) is 0.208. The van der Waals surface area contributed by atoms with E-state index in [4.69, 9.17) is 23.2 Å². The zero-order chi connectivity index (χ0) is 23.3. The Bertz CT molecular complexity index is 1200. The number of pyridine rings is 1. The molecule has 1 unspecified atom stereocenters. The summed E-state index contributed by atoms with van der Waals surface area (Å²) in [6.07, 6.45) is 0.601. The van der Waals surface area contributed by atoms with Crippen LogP contribution < -0.4 is 14.3 Å². The molecule has 2 N–H and O–H groups in total. The molecule has 2 aromatic carbocycles. The lowest BCUT2D eigenvalue weighted by Crippen LogP contribution is -2.36. The van der Waals surface area contributed by atoms with Crippen LogP contribution in [0.5, 0.6) is 5.75 Å². The first-order valence-electron chi connectivity index (χ1n) is 9.93. The van der Waals surface area contributed by atoms with Gasteiger partial charge in [-0.25, -0.2) is 0 Å². The lowest BCUT2D eigenvalue weighted by molar-refractivity contribution is -0.909. The average Bonchev–Trinajstić information content (AvgIpc) is 2.80. The van der Waals surface area contributed by atoms with Gasteiger partial charge in [0.25, 0.3) is 5.69 Å². The summed E-state index contributed by atoms with van der Waals surface area (Å²) in [7, 11) is 6.23. The predicted octanol–water partition coefficient (Wildman–Crippen LogP) is 2.99. The molecule has 0 saturated carbocycles. The van der Waals surface area contributed by atoms with Gasteiger partial charge in [-0.1, -0.05) is 12.1 Å². The number of hydrogen-bond acceptors (Lipinski definition) is 6. The third-order valence-electron chi connectivity index (χ3n) is 5.07. The minimum absolute atomic E-state index is 0.154. The quantitative estimate of drug-likeness (QED) is 0.343. The number of aliphatic hydroxyl groups excluding tert-OH is 1. The highest BCUT2D eigenvalue weighted by molar-refractivity contribution is 6.17. The van der Waals surface area contributed by atoms with E-state index in [0.717, 1.165) is 10.3 Å². The molecule has 0 amide bonds. The first kappa shape index (κ1) is 22.7. The zero-order valence-electron chi connectivity index (χ0n) is 17.9. The average molecular weight is 425 g/mol. The maximum Gasteiger partial charge on any atom is 0.272 e. The molecule has 0 aliphatic carbocycles. The van der Waals surface area contributed by atoms with Crippen LogP contribution in [-0.2, 0) is 13.2 Å². The fourth-order valence-corrected chi connectivity index (χ4v) is 3.41. The Kier molecular flexibility index (Phi) is 6.99. The highest BCUT2D eigenvalue weighted by Crippen LogP contribution is 2.32. The molecule has 1 atom stereocenters. The first-order chi connectivity index (χ1) is 15.3. The van der Waals surface area contributed by atoms with Crippen LogP contribution in [0.1, 0.15) is 46.5 Å². The molecule has 0 aliphatic heterocycles. The summed E-state index contributed by atoms with van der Waals surface area (Å²) < 4.78 is 6.95. The molecule has 0 spiro atoms. The van der Waals surface area contributed by atoms with Gasteiger partial charge in [-0.05, 0) is 48.9 Å². The summed E-state index contributed by atoms with van der Waals surface area (Å²) in [4.78, 5) is 1.46. The van der Waals surface area contributed by atoms with E-state index in [2.05, 4.69) is 12.1 Å². The largest absolute Gasteiger partial charge is 0.482 e. The van der Waals surface area contributed by atoms with Crippen molar-refractivity contribution in [3.63, 3.8) is 0 Å². The number of nitrogens with zero attached hydrogens (tertiary/aromatic N) is 4. The number of rotatable bonds is 7. The lowest BCUT2D eigenvalue weighted by atomic mass is 10.0. The third kappa shape index (κ3) is 5.00. The van der Waals surface area contributed by atoms with Crippen molar-refractivity contribution in [2.45, 2.75) is 33.1 Å². The van der Waals surface area contributed by atoms with E-state index in [-0.39, 0.29) is 13.2 Å². The number of hydrogen-bond donors (Lipinski definition) is 2. The zero-order valence-corrected chi connectivity index (χ0v) is 17.9. The van der Waals surface area contributed by atoms with Crippen LogP contribution in [0, 0.1) is 29.6 Å². The lowest BCUT2D eigenvalue weighted by Gasteiger charge is -2.23.